The number of rotatable bonds is 3. The van der Waals surface area contributed by atoms with Crippen LogP contribution in [0.5, 0.6) is 0 Å². The maximum atomic E-state index is 12.1. The summed E-state index contributed by atoms with van der Waals surface area (Å²) in [5, 5.41) is 11.6. The van der Waals surface area contributed by atoms with Crippen LogP contribution in [0, 0.1) is 11.3 Å². The highest BCUT2D eigenvalue weighted by molar-refractivity contribution is 6.02. The summed E-state index contributed by atoms with van der Waals surface area (Å²) in [7, 11) is 0. The third-order valence-electron chi connectivity index (χ3n) is 3.17. The van der Waals surface area contributed by atoms with Crippen LogP contribution in [0.4, 0.5) is 0 Å². The van der Waals surface area contributed by atoms with E-state index in [9.17, 15) is 4.79 Å². The van der Waals surface area contributed by atoms with E-state index in [2.05, 4.69) is 19.0 Å². The van der Waals surface area contributed by atoms with Crippen LogP contribution in [0.1, 0.15) is 33.6 Å². The first-order valence-corrected chi connectivity index (χ1v) is 5.67. The van der Waals surface area contributed by atoms with E-state index in [1.54, 1.807) is 0 Å². The lowest BCUT2D eigenvalue weighted by Gasteiger charge is -2.23. The number of likely N-dealkylation sites (tertiary alicyclic amines) is 1. The van der Waals surface area contributed by atoms with Crippen molar-refractivity contribution in [1.82, 2.24) is 4.90 Å². The third-order valence-corrected chi connectivity index (χ3v) is 3.17. The molecule has 1 saturated heterocycles. The quantitative estimate of drug-likeness (QED) is 0.327. The van der Waals surface area contributed by atoms with Crippen LogP contribution in [0.25, 0.3) is 0 Å². The molecule has 1 aliphatic rings. The molecule has 1 aliphatic heterocycles. The van der Waals surface area contributed by atoms with E-state index in [1.807, 2.05) is 11.8 Å². The van der Waals surface area contributed by atoms with Gasteiger partial charge in [0.2, 0.25) is 5.91 Å². The average molecular weight is 227 g/mol. The fourth-order valence-electron chi connectivity index (χ4n) is 2.10. The molecule has 92 valence electrons. The summed E-state index contributed by atoms with van der Waals surface area (Å²) in [6, 6.07) is 0. The van der Waals surface area contributed by atoms with Gasteiger partial charge in [0.15, 0.2) is 5.84 Å². The fourth-order valence-corrected chi connectivity index (χ4v) is 2.10. The van der Waals surface area contributed by atoms with Gasteiger partial charge < -0.3 is 15.8 Å². The van der Waals surface area contributed by atoms with E-state index in [0.29, 0.717) is 6.42 Å². The van der Waals surface area contributed by atoms with Crippen molar-refractivity contribution >= 4 is 11.7 Å². The summed E-state index contributed by atoms with van der Waals surface area (Å²) in [5.41, 5.74) is 5.70. The van der Waals surface area contributed by atoms with Crippen LogP contribution in [-0.2, 0) is 4.79 Å². The molecule has 0 saturated carbocycles. The van der Waals surface area contributed by atoms with Gasteiger partial charge in [0.25, 0.3) is 0 Å². The molecule has 0 bridgehead atoms. The van der Waals surface area contributed by atoms with Gasteiger partial charge in [0.05, 0.1) is 5.92 Å². The molecule has 0 radical (unpaired) electrons. The second-order valence-electron chi connectivity index (χ2n) is 5.16. The Hall–Kier alpha value is -1.26. The van der Waals surface area contributed by atoms with Crippen LogP contribution in [0.3, 0.4) is 0 Å². The lowest BCUT2D eigenvalue weighted by atomic mass is 9.93. The molecule has 3 N–H and O–H groups in total. The molecule has 1 atom stereocenters. The number of amidine groups is 1. The number of carbonyl (C=O) groups excluding carboxylic acids is 1. The lowest BCUT2D eigenvalue weighted by Crippen LogP contribution is -2.41. The first-order chi connectivity index (χ1) is 7.41. The SMILES string of the molecule is CCC(C(=O)N1CCC(C)(C)C1)C(N)=NO. The van der Waals surface area contributed by atoms with Gasteiger partial charge in [0, 0.05) is 13.1 Å². The van der Waals surface area contributed by atoms with Crippen LogP contribution in [0.15, 0.2) is 5.16 Å². The maximum absolute atomic E-state index is 12.1. The van der Waals surface area contributed by atoms with Crippen LogP contribution < -0.4 is 5.73 Å². The van der Waals surface area contributed by atoms with E-state index in [-0.39, 0.29) is 17.2 Å². The maximum Gasteiger partial charge on any atom is 0.233 e. The van der Waals surface area contributed by atoms with Gasteiger partial charge in [-0.2, -0.15) is 0 Å². The van der Waals surface area contributed by atoms with Crippen molar-refractivity contribution in [2.24, 2.45) is 22.2 Å². The highest BCUT2D eigenvalue weighted by Gasteiger charge is 2.35. The summed E-state index contributed by atoms with van der Waals surface area (Å²) in [6.45, 7) is 7.67. The van der Waals surface area contributed by atoms with Gasteiger partial charge in [0.1, 0.15) is 0 Å². The smallest absolute Gasteiger partial charge is 0.233 e. The van der Waals surface area contributed by atoms with Crippen molar-refractivity contribution in [2.45, 2.75) is 33.6 Å². The Balaban J connectivity index is 2.71. The van der Waals surface area contributed by atoms with Crippen molar-refractivity contribution in [3.63, 3.8) is 0 Å². The average Bonchev–Trinajstić information content (AvgIpc) is 2.59. The third kappa shape index (κ3) is 2.65. The molecule has 0 aliphatic carbocycles. The minimum Gasteiger partial charge on any atom is -0.409 e. The lowest BCUT2D eigenvalue weighted by molar-refractivity contribution is -0.132. The molecular formula is C11H21N3O2. The Labute approximate surface area is 96.3 Å². The van der Waals surface area contributed by atoms with Crippen molar-refractivity contribution in [2.75, 3.05) is 13.1 Å². The number of oxime groups is 1. The zero-order valence-electron chi connectivity index (χ0n) is 10.2. The number of nitrogens with zero attached hydrogens (tertiary/aromatic N) is 2. The van der Waals surface area contributed by atoms with Gasteiger partial charge >= 0.3 is 0 Å². The molecule has 5 nitrogen and oxygen atoms in total. The van der Waals surface area contributed by atoms with E-state index < -0.39 is 5.92 Å². The first kappa shape index (κ1) is 12.8. The summed E-state index contributed by atoms with van der Waals surface area (Å²) in [4.78, 5) is 13.9. The summed E-state index contributed by atoms with van der Waals surface area (Å²) in [5.74, 6) is -0.500. The van der Waals surface area contributed by atoms with Crippen molar-refractivity contribution in [3.05, 3.63) is 0 Å². The minimum absolute atomic E-state index is 0.0113. The molecule has 0 aromatic carbocycles. The topological polar surface area (TPSA) is 78.9 Å². The Morgan fingerprint density at radius 3 is 2.62 bits per heavy atom. The molecule has 1 rings (SSSR count). The summed E-state index contributed by atoms with van der Waals surface area (Å²) >= 11 is 0. The second kappa shape index (κ2) is 4.72. The Bertz CT molecular complexity index is 300. The Morgan fingerprint density at radius 2 is 2.25 bits per heavy atom. The van der Waals surface area contributed by atoms with Crippen LogP contribution in [-0.4, -0.2) is 34.9 Å². The zero-order chi connectivity index (χ0) is 12.3. The van der Waals surface area contributed by atoms with Crippen molar-refractivity contribution in [3.8, 4) is 0 Å². The largest absolute Gasteiger partial charge is 0.409 e. The van der Waals surface area contributed by atoms with Gasteiger partial charge in [-0.3, -0.25) is 4.79 Å². The number of amides is 1. The molecule has 0 aromatic heterocycles. The zero-order valence-corrected chi connectivity index (χ0v) is 10.2. The summed E-state index contributed by atoms with van der Waals surface area (Å²) < 4.78 is 0. The van der Waals surface area contributed by atoms with E-state index in [1.165, 1.54) is 0 Å². The second-order valence-corrected chi connectivity index (χ2v) is 5.16. The highest BCUT2D eigenvalue weighted by Crippen LogP contribution is 2.29. The van der Waals surface area contributed by atoms with Gasteiger partial charge in [-0.1, -0.05) is 25.9 Å². The predicted molar refractivity (Wildman–Crippen MR) is 62.2 cm³/mol. The summed E-state index contributed by atoms with van der Waals surface area (Å²) in [6.07, 6.45) is 1.57. The molecule has 16 heavy (non-hydrogen) atoms. The van der Waals surface area contributed by atoms with Crippen molar-refractivity contribution < 1.29 is 10.0 Å². The molecule has 0 aromatic rings. The minimum atomic E-state index is -0.487. The molecule has 1 heterocycles. The predicted octanol–water partition coefficient (Wildman–Crippen LogP) is 1.02. The number of nitrogens with two attached hydrogens (primary N) is 1. The number of hydrogen-bond acceptors (Lipinski definition) is 3. The van der Waals surface area contributed by atoms with Gasteiger partial charge in [-0.25, -0.2) is 0 Å². The van der Waals surface area contributed by atoms with Crippen LogP contribution in [0.2, 0.25) is 0 Å². The van der Waals surface area contributed by atoms with Crippen LogP contribution >= 0.6 is 0 Å². The Kier molecular flexibility index (Phi) is 3.78. The number of hydrogen-bond donors (Lipinski definition) is 2. The standard InChI is InChI=1S/C11H21N3O2/c1-4-8(9(12)13-16)10(15)14-6-5-11(2,3)7-14/h8,16H,4-7H2,1-3H3,(H2,12,13). The van der Waals surface area contributed by atoms with Crippen molar-refractivity contribution in [1.29, 1.82) is 0 Å². The molecular weight excluding hydrogens is 206 g/mol. The Morgan fingerprint density at radius 1 is 1.62 bits per heavy atom. The highest BCUT2D eigenvalue weighted by atomic mass is 16.4. The van der Waals surface area contributed by atoms with Gasteiger partial charge in [-0.05, 0) is 18.3 Å². The van der Waals surface area contributed by atoms with E-state index in [0.717, 1.165) is 19.5 Å². The number of carbonyl (C=O) groups is 1. The molecule has 0 spiro atoms. The molecule has 1 fully saturated rings. The van der Waals surface area contributed by atoms with Gasteiger partial charge in [-0.15, -0.1) is 0 Å². The first-order valence-electron chi connectivity index (χ1n) is 5.67. The van der Waals surface area contributed by atoms with E-state index >= 15 is 0 Å². The molecule has 1 unspecified atom stereocenters. The molecule has 5 heteroatoms. The fraction of sp³-hybridized carbons (Fsp3) is 0.818. The molecule has 1 amide bonds. The monoisotopic (exact) mass is 227 g/mol. The van der Waals surface area contributed by atoms with E-state index in [4.69, 9.17) is 10.9 Å². The normalized spacial score (nSPS) is 22.2.